The molecule has 1 atom stereocenters. The fourth-order valence-corrected chi connectivity index (χ4v) is 2.09. The highest BCUT2D eigenvalue weighted by atomic mass is 16.5. The van der Waals surface area contributed by atoms with E-state index >= 15 is 0 Å². The standard InChI is InChI=1S/C9H17NO/c10-9(4-2-5-9)7-8-3-1-6-11-8/h8H,1-7,10H2. The average Bonchev–Trinajstić information content (AvgIpc) is 2.36. The van der Waals surface area contributed by atoms with Crippen molar-refractivity contribution in [2.24, 2.45) is 5.73 Å². The Kier molecular flexibility index (Phi) is 1.90. The molecule has 1 aliphatic heterocycles. The monoisotopic (exact) mass is 155 g/mol. The van der Waals surface area contributed by atoms with E-state index in [-0.39, 0.29) is 5.54 Å². The van der Waals surface area contributed by atoms with Gasteiger partial charge in [0.15, 0.2) is 0 Å². The molecule has 2 rings (SSSR count). The van der Waals surface area contributed by atoms with E-state index in [9.17, 15) is 0 Å². The minimum absolute atomic E-state index is 0.162. The molecule has 0 bridgehead atoms. The number of hydrogen-bond acceptors (Lipinski definition) is 2. The van der Waals surface area contributed by atoms with Gasteiger partial charge in [0, 0.05) is 12.1 Å². The summed E-state index contributed by atoms with van der Waals surface area (Å²) in [6.45, 7) is 0.959. The van der Waals surface area contributed by atoms with Gasteiger partial charge >= 0.3 is 0 Å². The SMILES string of the molecule is NC1(CC2CCCO2)CCC1. The third-order valence-corrected chi connectivity index (χ3v) is 3.01. The smallest absolute Gasteiger partial charge is 0.0593 e. The molecule has 1 saturated heterocycles. The Balaban J connectivity index is 1.79. The summed E-state index contributed by atoms with van der Waals surface area (Å²) in [5, 5.41) is 0. The molecule has 0 amide bonds. The van der Waals surface area contributed by atoms with Gasteiger partial charge in [-0.3, -0.25) is 0 Å². The van der Waals surface area contributed by atoms with Crippen LogP contribution in [0.25, 0.3) is 0 Å². The van der Waals surface area contributed by atoms with Crippen LogP contribution in [0.4, 0.5) is 0 Å². The minimum atomic E-state index is 0.162. The lowest BCUT2D eigenvalue weighted by Gasteiger charge is -2.39. The van der Waals surface area contributed by atoms with E-state index in [4.69, 9.17) is 10.5 Å². The quantitative estimate of drug-likeness (QED) is 0.655. The van der Waals surface area contributed by atoms with Gasteiger partial charge in [0.1, 0.15) is 0 Å². The molecule has 0 radical (unpaired) electrons. The van der Waals surface area contributed by atoms with Crippen LogP contribution in [0, 0.1) is 0 Å². The Bertz CT molecular complexity index is 136. The van der Waals surface area contributed by atoms with E-state index in [1.165, 1.54) is 32.1 Å². The van der Waals surface area contributed by atoms with Crippen molar-refractivity contribution in [2.75, 3.05) is 6.61 Å². The zero-order valence-corrected chi connectivity index (χ0v) is 7.01. The third kappa shape index (κ3) is 1.57. The van der Waals surface area contributed by atoms with Crippen molar-refractivity contribution < 1.29 is 4.74 Å². The minimum Gasteiger partial charge on any atom is -0.378 e. The highest BCUT2D eigenvalue weighted by molar-refractivity contribution is 4.94. The molecule has 2 heteroatoms. The average molecular weight is 155 g/mol. The van der Waals surface area contributed by atoms with E-state index in [0.717, 1.165) is 13.0 Å². The lowest BCUT2D eigenvalue weighted by atomic mass is 9.74. The second kappa shape index (κ2) is 2.76. The molecule has 0 spiro atoms. The first-order valence-electron chi connectivity index (χ1n) is 4.69. The highest BCUT2D eigenvalue weighted by Crippen LogP contribution is 2.35. The summed E-state index contributed by atoms with van der Waals surface area (Å²) in [7, 11) is 0. The molecular formula is C9H17NO. The molecule has 2 nitrogen and oxygen atoms in total. The zero-order chi connectivity index (χ0) is 7.73. The van der Waals surface area contributed by atoms with Crippen molar-refractivity contribution in [3.8, 4) is 0 Å². The molecule has 2 aliphatic rings. The van der Waals surface area contributed by atoms with Crippen LogP contribution in [0.2, 0.25) is 0 Å². The molecule has 1 heterocycles. The van der Waals surface area contributed by atoms with Crippen LogP contribution in [0.1, 0.15) is 38.5 Å². The van der Waals surface area contributed by atoms with Gasteiger partial charge in [-0.1, -0.05) is 0 Å². The molecule has 0 aromatic rings. The highest BCUT2D eigenvalue weighted by Gasteiger charge is 2.35. The molecule has 2 N–H and O–H groups in total. The molecular weight excluding hydrogens is 138 g/mol. The van der Waals surface area contributed by atoms with Crippen LogP contribution < -0.4 is 5.73 Å². The largest absolute Gasteiger partial charge is 0.378 e. The molecule has 0 aromatic carbocycles. The number of rotatable bonds is 2. The summed E-state index contributed by atoms with van der Waals surface area (Å²) < 4.78 is 5.54. The fraction of sp³-hybridized carbons (Fsp3) is 1.00. The topological polar surface area (TPSA) is 35.2 Å². The van der Waals surface area contributed by atoms with Gasteiger partial charge < -0.3 is 10.5 Å². The van der Waals surface area contributed by atoms with Crippen molar-refractivity contribution in [3.63, 3.8) is 0 Å². The summed E-state index contributed by atoms with van der Waals surface area (Å²) in [4.78, 5) is 0. The van der Waals surface area contributed by atoms with Crippen molar-refractivity contribution in [1.29, 1.82) is 0 Å². The maximum atomic E-state index is 6.10. The Morgan fingerprint density at radius 3 is 2.64 bits per heavy atom. The molecule has 11 heavy (non-hydrogen) atoms. The van der Waals surface area contributed by atoms with Crippen molar-refractivity contribution in [2.45, 2.75) is 50.2 Å². The molecule has 0 aromatic heterocycles. The molecule has 64 valence electrons. The van der Waals surface area contributed by atoms with Gasteiger partial charge in [0.25, 0.3) is 0 Å². The number of hydrogen-bond donors (Lipinski definition) is 1. The molecule has 1 unspecified atom stereocenters. The summed E-state index contributed by atoms with van der Waals surface area (Å²) >= 11 is 0. The predicted octanol–water partition coefficient (Wildman–Crippen LogP) is 1.44. The summed E-state index contributed by atoms with van der Waals surface area (Å²) in [6, 6.07) is 0. The summed E-state index contributed by atoms with van der Waals surface area (Å²) in [5.41, 5.74) is 6.26. The Labute approximate surface area is 68.1 Å². The van der Waals surface area contributed by atoms with Crippen molar-refractivity contribution in [1.82, 2.24) is 0 Å². The lowest BCUT2D eigenvalue weighted by Crippen LogP contribution is -2.48. The first-order chi connectivity index (χ1) is 5.29. The van der Waals surface area contributed by atoms with Crippen LogP contribution in [-0.2, 0) is 4.74 Å². The van der Waals surface area contributed by atoms with E-state index in [1.54, 1.807) is 0 Å². The van der Waals surface area contributed by atoms with Crippen LogP contribution in [0.3, 0.4) is 0 Å². The van der Waals surface area contributed by atoms with Crippen molar-refractivity contribution in [3.05, 3.63) is 0 Å². The molecule has 1 saturated carbocycles. The third-order valence-electron chi connectivity index (χ3n) is 3.01. The lowest BCUT2D eigenvalue weighted by molar-refractivity contribution is 0.0637. The second-order valence-corrected chi connectivity index (χ2v) is 4.06. The first kappa shape index (κ1) is 7.56. The van der Waals surface area contributed by atoms with Crippen LogP contribution in [-0.4, -0.2) is 18.2 Å². The van der Waals surface area contributed by atoms with E-state index in [2.05, 4.69) is 0 Å². The number of ether oxygens (including phenoxy) is 1. The van der Waals surface area contributed by atoms with Crippen LogP contribution in [0.15, 0.2) is 0 Å². The maximum absolute atomic E-state index is 6.10. The van der Waals surface area contributed by atoms with Crippen LogP contribution in [0.5, 0.6) is 0 Å². The summed E-state index contributed by atoms with van der Waals surface area (Å²) in [6.07, 6.45) is 7.82. The van der Waals surface area contributed by atoms with Crippen LogP contribution >= 0.6 is 0 Å². The van der Waals surface area contributed by atoms with Gasteiger partial charge in [-0.05, 0) is 38.5 Å². The Hall–Kier alpha value is -0.0800. The maximum Gasteiger partial charge on any atom is 0.0593 e. The predicted molar refractivity (Wildman–Crippen MR) is 44.4 cm³/mol. The second-order valence-electron chi connectivity index (χ2n) is 4.06. The van der Waals surface area contributed by atoms with Gasteiger partial charge in [-0.25, -0.2) is 0 Å². The van der Waals surface area contributed by atoms with Gasteiger partial charge in [-0.15, -0.1) is 0 Å². The normalized spacial score (nSPS) is 35.2. The van der Waals surface area contributed by atoms with E-state index in [1.807, 2.05) is 0 Å². The zero-order valence-electron chi connectivity index (χ0n) is 7.01. The molecule has 2 fully saturated rings. The van der Waals surface area contributed by atoms with Gasteiger partial charge in [0.05, 0.1) is 6.10 Å². The number of nitrogens with two attached hydrogens (primary N) is 1. The molecule has 1 aliphatic carbocycles. The van der Waals surface area contributed by atoms with Gasteiger partial charge in [0.2, 0.25) is 0 Å². The van der Waals surface area contributed by atoms with Crippen molar-refractivity contribution >= 4 is 0 Å². The van der Waals surface area contributed by atoms with E-state index in [0.29, 0.717) is 6.10 Å². The first-order valence-corrected chi connectivity index (χ1v) is 4.69. The fourth-order valence-electron chi connectivity index (χ4n) is 2.09. The van der Waals surface area contributed by atoms with Gasteiger partial charge in [-0.2, -0.15) is 0 Å². The Morgan fingerprint density at radius 2 is 2.18 bits per heavy atom. The summed E-state index contributed by atoms with van der Waals surface area (Å²) in [5.74, 6) is 0. The Morgan fingerprint density at radius 1 is 1.36 bits per heavy atom. The van der Waals surface area contributed by atoms with E-state index < -0.39 is 0 Å².